The number of hydrogen-bond donors (Lipinski definition) is 4. The molecule has 1 amide bonds. The van der Waals surface area contributed by atoms with E-state index in [1.165, 1.54) is 22.0 Å². The molecule has 0 bridgehead atoms. The molecule has 1 aliphatic rings. The normalized spacial score (nSPS) is 23.0. The first-order valence-corrected chi connectivity index (χ1v) is 11.7. The van der Waals surface area contributed by atoms with Gasteiger partial charge in [-0.1, -0.05) is 54.2 Å². The predicted octanol–water partition coefficient (Wildman–Crippen LogP) is 1.15. The molecule has 0 saturated heterocycles. The lowest BCUT2D eigenvalue weighted by atomic mass is 10.1. The fourth-order valence-corrected chi connectivity index (χ4v) is 4.61. The summed E-state index contributed by atoms with van der Waals surface area (Å²) in [5.74, 6) is -0.0882. The second-order valence-corrected chi connectivity index (χ2v) is 8.93. The molecule has 1 fully saturated rings. The number of amides is 1. The maximum atomic E-state index is 11.7. The molecular weight excluding hydrogens is 430 g/mol. The second kappa shape index (κ2) is 9.80. The van der Waals surface area contributed by atoms with E-state index in [9.17, 15) is 15.0 Å². The quantitative estimate of drug-likeness (QED) is 0.274. The molecule has 1 aliphatic carbocycles. The van der Waals surface area contributed by atoms with Crippen LogP contribution in [0.5, 0.6) is 0 Å². The van der Waals surface area contributed by atoms with Crippen molar-refractivity contribution in [3.8, 4) is 0 Å². The molecule has 170 valence electrons. The van der Waals surface area contributed by atoms with Crippen molar-refractivity contribution in [2.24, 2.45) is 11.7 Å². The third-order valence-corrected chi connectivity index (χ3v) is 6.67. The Bertz CT molecular complexity index is 1080. The Morgan fingerprint density at radius 1 is 1.25 bits per heavy atom. The predicted molar refractivity (Wildman–Crippen MR) is 121 cm³/mol. The zero-order chi connectivity index (χ0) is 22.7. The number of thioether (sulfide) groups is 1. The highest BCUT2D eigenvalue weighted by molar-refractivity contribution is 7.99. The molecule has 10 nitrogen and oxygen atoms in total. The number of aliphatic hydroxyl groups is 2. The van der Waals surface area contributed by atoms with Crippen molar-refractivity contribution >= 4 is 34.7 Å². The van der Waals surface area contributed by atoms with Gasteiger partial charge in [-0.3, -0.25) is 4.79 Å². The van der Waals surface area contributed by atoms with Crippen LogP contribution in [-0.2, 0) is 11.2 Å². The van der Waals surface area contributed by atoms with Gasteiger partial charge in [0.1, 0.15) is 6.10 Å². The summed E-state index contributed by atoms with van der Waals surface area (Å²) in [7, 11) is 0. The average molecular weight is 458 g/mol. The summed E-state index contributed by atoms with van der Waals surface area (Å²) >= 11 is 1.52. The molecular formula is C21H27N7O3S. The van der Waals surface area contributed by atoms with Crippen LogP contribution in [0.15, 0.2) is 35.5 Å². The number of aliphatic hydroxyl groups excluding tert-OH is 2. The number of rotatable bonds is 9. The third-order valence-electron chi connectivity index (χ3n) is 5.62. The number of hydrogen-bond acceptors (Lipinski definition) is 9. The first-order chi connectivity index (χ1) is 15.5. The minimum absolute atomic E-state index is 0.161. The van der Waals surface area contributed by atoms with Gasteiger partial charge in [-0.25, -0.2) is 14.6 Å². The van der Waals surface area contributed by atoms with Crippen LogP contribution in [0.2, 0.25) is 0 Å². The van der Waals surface area contributed by atoms with E-state index in [1.807, 2.05) is 18.2 Å². The monoisotopic (exact) mass is 457 g/mol. The molecule has 2 aromatic heterocycles. The van der Waals surface area contributed by atoms with Gasteiger partial charge in [-0.15, -0.1) is 5.10 Å². The topological polar surface area (TPSA) is 152 Å². The molecule has 2 heterocycles. The first kappa shape index (κ1) is 22.4. The van der Waals surface area contributed by atoms with Crippen molar-refractivity contribution < 1.29 is 15.0 Å². The fourth-order valence-electron chi connectivity index (χ4n) is 3.92. The summed E-state index contributed by atoms with van der Waals surface area (Å²) in [5.41, 5.74) is 7.52. The van der Waals surface area contributed by atoms with Crippen LogP contribution in [0.4, 0.5) is 5.82 Å². The Hall–Kier alpha value is -2.76. The van der Waals surface area contributed by atoms with Crippen LogP contribution < -0.4 is 11.1 Å². The number of nitrogens with one attached hydrogen (secondary N) is 1. The summed E-state index contributed by atoms with van der Waals surface area (Å²) in [6.45, 7) is 2.73. The third kappa shape index (κ3) is 4.54. The average Bonchev–Trinajstić information content (AvgIpc) is 3.34. The Kier molecular flexibility index (Phi) is 6.87. The van der Waals surface area contributed by atoms with Gasteiger partial charge in [0, 0.05) is 12.3 Å². The molecule has 3 aromatic rings. The lowest BCUT2D eigenvalue weighted by Gasteiger charge is -2.17. The van der Waals surface area contributed by atoms with Gasteiger partial charge in [-0.2, -0.15) is 0 Å². The van der Waals surface area contributed by atoms with E-state index in [0.717, 1.165) is 18.6 Å². The number of nitrogens with two attached hydrogens (primary N) is 1. The van der Waals surface area contributed by atoms with Crippen LogP contribution in [0.3, 0.4) is 0 Å². The molecule has 5 N–H and O–H groups in total. The van der Waals surface area contributed by atoms with Crippen LogP contribution >= 0.6 is 11.8 Å². The number of nitrogens with zero attached hydrogens (tertiary/aromatic N) is 5. The summed E-state index contributed by atoms with van der Waals surface area (Å²) < 4.78 is 1.48. The Balaban J connectivity index is 1.64. The van der Waals surface area contributed by atoms with E-state index in [1.54, 1.807) is 0 Å². The Morgan fingerprint density at radius 3 is 2.72 bits per heavy atom. The first-order valence-electron chi connectivity index (χ1n) is 10.7. The zero-order valence-corrected chi connectivity index (χ0v) is 18.6. The molecule has 0 spiro atoms. The van der Waals surface area contributed by atoms with Crippen molar-refractivity contribution in [2.45, 2.75) is 49.6 Å². The summed E-state index contributed by atoms with van der Waals surface area (Å²) in [6, 6.07) is 9.46. The minimum Gasteiger partial charge on any atom is -0.390 e. The van der Waals surface area contributed by atoms with Crippen molar-refractivity contribution in [1.82, 2.24) is 25.0 Å². The van der Waals surface area contributed by atoms with E-state index < -0.39 is 30.1 Å². The number of anilines is 1. The number of fused-ring (bicyclic) bond motifs is 1. The maximum Gasteiger partial charge on any atom is 0.223 e. The van der Waals surface area contributed by atoms with Gasteiger partial charge < -0.3 is 21.3 Å². The van der Waals surface area contributed by atoms with Gasteiger partial charge in [0.25, 0.3) is 0 Å². The zero-order valence-electron chi connectivity index (χ0n) is 17.8. The van der Waals surface area contributed by atoms with E-state index in [4.69, 9.17) is 5.73 Å². The van der Waals surface area contributed by atoms with E-state index in [2.05, 4.69) is 44.7 Å². The van der Waals surface area contributed by atoms with Crippen LogP contribution in [-0.4, -0.2) is 65.6 Å². The second-order valence-electron chi connectivity index (χ2n) is 7.86. The van der Waals surface area contributed by atoms with E-state index >= 15 is 0 Å². The molecule has 4 rings (SSSR count). The molecule has 0 radical (unpaired) electrons. The molecule has 0 unspecified atom stereocenters. The SMILES string of the molecule is CCCSc1nc(NCCc2ccccc2)c2nnn([C@@H]3C[C@H](C(N)=O)[C@@H](O)[C@H]3O)c2n1. The van der Waals surface area contributed by atoms with Gasteiger partial charge in [0.2, 0.25) is 5.91 Å². The van der Waals surface area contributed by atoms with Crippen molar-refractivity contribution in [3.05, 3.63) is 35.9 Å². The van der Waals surface area contributed by atoms with Crippen molar-refractivity contribution in [2.75, 3.05) is 17.6 Å². The summed E-state index contributed by atoms with van der Waals surface area (Å²) in [6.07, 6.45) is -0.515. The highest BCUT2D eigenvalue weighted by Crippen LogP contribution is 2.37. The van der Waals surface area contributed by atoms with Crippen LogP contribution in [0.25, 0.3) is 11.2 Å². The van der Waals surface area contributed by atoms with Gasteiger partial charge in [0.15, 0.2) is 22.1 Å². The summed E-state index contributed by atoms with van der Waals surface area (Å²) in [4.78, 5) is 20.9. The lowest BCUT2D eigenvalue weighted by Crippen LogP contribution is -2.35. The molecule has 32 heavy (non-hydrogen) atoms. The van der Waals surface area contributed by atoms with Gasteiger partial charge >= 0.3 is 0 Å². The van der Waals surface area contributed by atoms with E-state index in [-0.39, 0.29) is 6.42 Å². The van der Waals surface area contributed by atoms with Crippen LogP contribution in [0, 0.1) is 5.92 Å². The molecule has 4 atom stereocenters. The van der Waals surface area contributed by atoms with Crippen molar-refractivity contribution in [1.29, 1.82) is 0 Å². The summed E-state index contributed by atoms with van der Waals surface area (Å²) in [5, 5.41) is 33.2. The minimum atomic E-state index is -1.25. The largest absolute Gasteiger partial charge is 0.390 e. The van der Waals surface area contributed by atoms with Gasteiger partial charge in [-0.05, 0) is 24.8 Å². The van der Waals surface area contributed by atoms with Crippen molar-refractivity contribution in [3.63, 3.8) is 0 Å². The number of primary amides is 1. The highest BCUT2D eigenvalue weighted by atomic mass is 32.2. The lowest BCUT2D eigenvalue weighted by molar-refractivity contribution is -0.125. The Labute approximate surface area is 189 Å². The van der Waals surface area contributed by atoms with Crippen LogP contribution in [0.1, 0.15) is 31.4 Å². The number of carbonyl (C=O) groups excluding carboxylic acids is 1. The maximum absolute atomic E-state index is 11.7. The number of aromatic nitrogens is 5. The smallest absolute Gasteiger partial charge is 0.223 e. The number of carbonyl (C=O) groups is 1. The highest BCUT2D eigenvalue weighted by Gasteiger charge is 2.46. The molecule has 0 aliphatic heterocycles. The molecule has 1 aromatic carbocycles. The van der Waals surface area contributed by atoms with Gasteiger partial charge in [0.05, 0.1) is 18.1 Å². The molecule has 1 saturated carbocycles. The fraction of sp³-hybridized carbons (Fsp3) is 0.476. The Morgan fingerprint density at radius 2 is 2.03 bits per heavy atom. The number of benzene rings is 1. The van der Waals surface area contributed by atoms with E-state index in [0.29, 0.717) is 28.7 Å². The standard InChI is InChI=1S/C21H27N7O3S/c1-2-10-32-21-24-19(23-9-8-12-6-4-3-5-7-12)15-20(25-21)28(27-26-15)14-11-13(18(22)31)16(29)17(14)30/h3-7,13-14,16-17,29-30H,2,8-11H2,1H3,(H2,22,31)(H,23,24,25)/t13-,14+,16+,17-/m0/s1. The molecule has 11 heteroatoms.